The number of halogens is 1. The first-order valence-electron chi connectivity index (χ1n) is 7.67. The average molecular weight is 313 g/mol. The molecule has 1 N–H and O–H groups in total. The Kier molecular flexibility index (Phi) is 3.41. The minimum atomic E-state index is -0.316. The van der Waals surface area contributed by atoms with Crippen molar-refractivity contribution in [2.75, 3.05) is 18.5 Å². The minimum Gasteiger partial charge on any atom is -0.486 e. The molecule has 1 aliphatic heterocycles. The first-order chi connectivity index (χ1) is 11.2. The number of amides is 1. The standard InChI is InChI=1S/C18H16FNO3/c19-12-2-4-13(5-3-12)20-18(21)15-10-14(15)11-1-6-16-17(9-11)23-8-7-22-16/h1-6,9,14-15H,7-8,10H2,(H,20,21)/t14-,15-/m0/s1. The SMILES string of the molecule is O=C(Nc1ccc(F)cc1)[C@H]1C[C@H]1c1ccc2c(c1)OCCO2. The van der Waals surface area contributed by atoms with E-state index in [1.807, 2.05) is 18.2 Å². The zero-order chi connectivity index (χ0) is 15.8. The molecule has 2 aromatic rings. The highest BCUT2D eigenvalue weighted by Crippen LogP contribution is 2.49. The fourth-order valence-corrected chi connectivity index (χ4v) is 2.91. The Morgan fingerprint density at radius 1 is 1.04 bits per heavy atom. The van der Waals surface area contributed by atoms with Crippen LogP contribution in [0.3, 0.4) is 0 Å². The third-order valence-corrected chi connectivity index (χ3v) is 4.23. The normalized spacial score (nSPS) is 21.6. The molecule has 0 saturated heterocycles. The average Bonchev–Trinajstić information content (AvgIpc) is 3.37. The molecule has 2 aliphatic rings. The first kappa shape index (κ1) is 14.1. The maximum atomic E-state index is 12.9. The van der Waals surface area contributed by atoms with Crippen LogP contribution in [0.5, 0.6) is 11.5 Å². The molecule has 2 aromatic carbocycles. The Morgan fingerprint density at radius 3 is 2.57 bits per heavy atom. The van der Waals surface area contributed by atoms with Gasteiger partial charge in [-0.2, -0.15) is 0 Å². The third-order valence-electron chi connectivity index (χ3n) is 4.23. The number of carbonyl (C=O) groups excluding carboxylic acids is 1. The van der Waals surface area contributed by atoms with E-state index in [4.69, 9.17) is 9.47 Å². The van der Waals surface area contributed by atoms with Crippen molar-refractivity contribution >= 4 is 11.6 Å². The molecular formula is C18H16FNO3. The second-order valence-electron chi connectivity index (χ2n) is 5.85. The van der Waals surface area contributed by atoms with Gasteiger partial charge in [0.15, 0.2) is 11.5 Å². The molecule has 5 heteroatoms. The predicted octanol–water partition coefficient (Wildman–Crippen LogP) is 3.34. The highest BCUT2D eigenvalue weighted by Gasteiger charge is 2.44. The lowest BCUT2D eigenvalue weighted by Gasteiger charge is -2.18. The number of fused-ring (bicyclic) bond motifs is 1. The largest absolute Gasteiger partial charge is 0.486 e. The van der Waals surface area contributed by atoms with Crippen LogP contribution in [0.1, 0.15) is 17.9 Å². The zero-order valence-electron chi connectivity index (χ0n) is 12.4. The summed E-state index contributed by atoms with van der Waals surface area (Å²) in [6, 6.07) is 11.6. The molecule has 0 spiro atoms. The van der Waals surface area contributed by atoms with Gasteiger partial charge in [0.25, 0.3) is 0 Å². The summed E-state index contributed by atoms with van der Waals surface area (Å²) in [7, 11) is 0. The number of nitrogens with one attached hydrogen (secondary N) is 1. The summed E-state index contributed by atoms with van der Waals surface area (Å²) in [4.78, 5) is 12.3. The number of benzene rings is 2. The van der Waals surface area contributed by atoms with Crippen molar-refractivity contribution in [2.45, 2.75) is 12.3 Å². The second-order valence-corrected chi connectivity index (χ2v) is 5.85. The second kappa shape index (κ2) is 5.57. The van der Waals surface area contributed by atoms with Gasteiger partial charge in [-0.25, -0.2) is 4.39 Å². The van der Waals surface area contributed by atoms with Crippen LogP contribution in [0.15, 0.2) is 42.5 Å². The fraction of sp³-hybridized carbons (Fsp3) is 0.278. The number of ether oxygens (including phenoxy) is 2. The summed E-state index contributed by atoms with van der Waals surface area (Å²) in [6.45, 7) is 1.12. The molecule has 0 unspecified atom stereocenters. The number of rotatable bonds is 3. The minimum absolute atomic E-state index is 0.0310. The van der Waals surface area contributed by atoms with Crippen LogP contribution in [0, 0.1) is 11.7 Å². The van der Waals surface area contributed by atoms with Crippen LogP contribution in [-0.2, 0) is 4.79 Å². The maximum Gasteiger partial charge on any atom is 0.228 e. The van der Waals surface area contributed by atoms with Crippen molar-refractivity contribution < 1.29 is 18.7 Å². The van der Waals surface area contributed by atoms with E-state index in [2.05, 4.69) is 5.32 Å². The van der Waals surface area contributed by atoms with Crippen LogP contribution in [0.25, 0.3) is 0 Å². The molecule has 23 heavy (non-hydrogen) atoms. The van der Waals surface area contributed by atoms with Crippen LogP contribution in [0.4, 0.5) is 10.1 Å². The van der Waals surface area contributed by atoms with E-state index in [0.717, 1.165) is 23.5 Å². The van der Waals surface area contributed by atoms with E-state index in [-0.39, 0.29) is 23.6 Å². The van der Waals surface area contributed by atoms with Gasteiger partial charge in [-0.3, -0.25) is 4.79 Å². The van der Waals surface area contributed by atoms with Gasteiger partial charge < -0.3 is 14.8 Å². The molecule has 1 amide bonds. The Hall–Kier alpha value is -2.56. The molecule has 0 aromatic heterocycles. The number of carbonyl (C=O) groups is 1. The van der Waals surface area contributed by atoms with Gasteiger partial charge in [-0.1, -0.05) is 6.07 Å². The topological polar surface area (TPSA) is 47.6 Å². The Morgan fingerprint density at radius 2 is 1.78 bits per heavy atom. The lowest BCUT2D eigenvalue weighted by Crippen LogP contribution is -2.16. The molecule has 4 rings (SSSR count). The fourth-order valence-electron chi connectivity index (χ4n) is 2.91. The zero-order valence-corrected chi connectivity index (χ0v) is 12.4. The monoisotopic (exact) mass is 313 g/mol. The molecule has 1 saturated carbocycles. The number of anilines is 1. The molecule has 0 radical (unpaired) electrons. The van der Waals surface area contributed by atoms with Gasteiger partial charge in [0.1, 0.15) is 19.0 Å². The van der Waals surface area contributed by atoms with E-state index in [1.54, 1.807) is 12.1 Å². The van der Waals surface area contributed by atoms with Crippen LogP contribution in [0.2, 0.25) is 0 Å². The van der Waals surface area contributed by atoms with E-state index in [1.165, 1.54) is 12.1 Å². The number of hydrogen-bond acceptors (Lipinski definition) is 3. The molecule has 118 valence electrons. The maximum absolute atomic E-state index is 12.9. The van der Waals surface area contributed by atoms with Gasteiger partial charge in [-0.15, -0.1) is 0 Å². The van der Waals surface area contributed by atoms with Crippen molar-refractivity contribution in [3.05, 3.63) is 53.8 Å². The van der Waals surface area contributed by atoms with Crippen molar-refractivity contribution in [3.63, 3.8) is 0 Å². The summed E-state index contributed by atoms with van der Waals surface area (Å²) < 4.78 is 24.0. The predicted molar refractivity (Wildman–Crippen MR) is 83.3 cm³/mol. The molecule has 1 heterocycles. The van der Waals surface area contributed by atoms with Crippen LogP contribution in [-0.4, -0.2) is 19.1 Å². The summed E-state index contributed by atoms with van der Waals surface area (Å²) in [5.41, 5.74) is 1.71. The Labute approximate surface area is 133 Å². The molecule has 4 nitrogen and oxygen atoms in total. The summed E-state index contributed by atoms with van der Waals surface area (Å²) >= 11 is 0. The van der Waals surface area contributed by atoms with Gasteiger partial charge >= 0.3 is 0 Å². The molecule has 1 fully saturated rings. The van der Waals surface area contributed by atoms with Crippen LogP contribution < -0.4 is 14.8 Å². The van der Waals surface area contributed by atoms with Gasteiger partial charge in [0.2, 0.25) is 5.91 Å². The Bertz CT molecular complexity index is 744. The van der Waals surface area contributed by atoms with Crippen molar-refractivity contribution in [1.29, 1.82) is 0 Å². The van der Waals surface area contributed by atoms with Gasteiger partial charge in [-0.05, 0) is 54.3 Å². The Balaban J connectivity index is 1.43. The smallest absolute Gasteiger partial charge is 0.228 e. The summed E-state index contributed by atoms with van der Waals surface area (Å²) in [5, 5.41) is 2.83. The van der Waals surface area contributed by atoms with Crippen molar-refractivity contribution in [2.24, 2.45) is 5.92 Å². The van der Waals surface area contributed by atoms with E-state index in [0.29, 0.717) is 18.9 Å². The molecular weight excluding hydrogens is 297 g/mol. The molecule has 2 atom stereocenters. The van der Waals surface area contributed by atoms with Crippen molar-refractivity contribution in [1.82, 2.24) is 0 Å². The van der Waals surface area contributed by atoms with Crippen molar-refractivity contribution in [3.8, 4) is 11.5 Å². The van der Waals surface area contributed by atoms with E-state index >= 15 is 0 Å². The first-order valence-corrected chi connectivity index (χ1v) is 7.67. The lowest BCUT2D eigenvalue weighted by molar-refractivity contribution is -0.117. The quantitative estimate of drug-likeness (QED) is 0.945. The number of hydrogen-bond donors (Lipinski definition) is 1. The lowest BCUT2D eigenvalue weighted by atomic mass is 10.1. The summed E-state index contributed by atoms with van der Waals surface area (Å²) in [5.74, 6) is 1.31. The summed E-state index contributed by atoms with van der Waals surface area (Å²) in [6.07, 6.45) is 0.812. The highest BCUT2D eigenvalue weighted by atomic mass is 19.1. The van der Waals surface area contributed by atoms with Gasteiger partial charge in [0.05, 0.1) is 0 Å². The molecule has 1 aliphatic carbocycles. The van der Waals surface area contributed by atoms with E-state index < -0.39 is 0 Å². The van der Waals surface area contributed by atoms with E-state index in [9.17, 15) is 9.18 Å². The highest BCUT2D eigenvalue weighted by molar-refractivity contribution is 5.95. The van der Waals surface area contributed by atoms with Crippen LogP contribution >= 0.6 is 0 Å². The molecule has 0 bridgehead atoms. The third kappa shape index (κ3) is 2.86. The van der Waals surface area contributed by atoms with Gasteiger partial charge in [0, 0.05) is 11.6 Å².